The number of benzene rings is 1. The van der Waals surface area contributed by atoms with E-state index < -0.39 is 0 Å². The Bertz CT molecular complexity index is 714. The van der Waals surface area contributed by atoms with Crippen LogP contribution in [0.25, 0.3) is 0 Å². The number of hydrogen-bond donors (Lipinski definition) is 0. The summed E-state index contributed by atoms with van der Waals surface area (Å²) in [7, 11) is 0. The molecule has 0 N–H and O–H groups in total. The number of hydrogen-bond acceptors (Lipinski definition) is 2. The molecule has 1 aromatic rings. The molecule has 0 saturated carbocycles. The van der Waals surface area contributed by atoms with E-state index in [9.17, 15) is 0 Å². The lowest BCUT2D eigenvalue weighted by Gasteiger charge is -2.33. The van der Waals surface area contributed by atoms with Gasteiger partial charge in [0.05, 0.1) is 0 Å². The quantitative estimate of drug-likeness (QED) is 0.0835. The zero-order valence-corrected chi connectivity index (χ0v) is 28.5. The van der Waals surface area contributed by atoms with Crippen LogP contribution in [-0.4, -0.2) is 22.9 Å². The van der Waals surface area contributed by atoms with Gasteiger partial charge in [-0.1, -0.05) is 205 Å². The van der Waals surface area contributed by atoms with Gasteiger partial charge in [-0.25, -0.2) is 0 Å². The molecule has 0 aromatic heterocycles. The van der Waals surface area contributed by atoms with Crippen molar-refractivity contribution in [3.8, 4) is 0 Å². The van der Waals surface area contributed by atoms with Crippen molar-refractivity contribution in [1.29, 1.82) is 0 Å². The molecule has 1 unspecified atom stereocenters. The summed E-state index contributed by atoms with van der Waals surface area (Å²) < 4.78 is 0. The Morgan fingerprint density at radius 2 is 0.667 bits per heavy atom. The maximum Gasteiger partial charge on any atom is 0.127 e. The predicted molar refractivity (Wildman–Crippen MR) is 188 cm³/mol. The van der Waals surface area contributed by atoms with E-state index in [0.29, 0.717) is 6.17 Å². The maximum atomic E-state index is 2.61. The predicted octanol–water partition coefficient (Wildman–Crippen LogP) is 13.3. The average Bonchev–Trinajstić information content (AvgIpc) is 3.42. The highest BCUT2D eigenvalue weighted by Gasteiger charge is 2.26. The van der Waals surface area contributed by atoms with Crippen molar-refractivity contribution in [1.82, 2.24) is 9.80 Å². The van der Waals surface area contributed by atoms with Crippen LogP contribution in [0.15, 0.2) is 42.7 Å². The third-order valence-electron chi connectivity index (χ3n) is 9.47. The highest BCUT2D eigenvalue weighted by molar-refractivity contribution is 5.21. The van der Waals surface area contributed by atoms with Gasteiger partial charge in [0, 0.05) is 25.5 Å². The van der Waals surface area contributed by atoms with Crippen LogP contribution >= 0.6 is 0 Å². The summed E-state index contributed by atoms with van der Waals surface area (Å²) in [5.74, 6) is 0. The SMILES string of the molecule is CCCCCCCCCCCCCCCCCN1C=CN(CCCCCCCCCCCCCC)C1c1ccccc1. The van der Waals surface area contributed by atoms with E-state index in [1.54, 1.807) is 0 Å². The van der Waals surface area contributed by atoms with Gasteiger partial charge in [0.15, 0.2) is 0 Å². The lowest BCUT2D eigenvalue weighted by molar-refractivity contribution is 0.149. The monoisotopic (exact) mass is 581 g/mol. The molecule has 0 aliphatic carbocycles. The van der Waals surface area contributed by atoms with Crippen molar-refractivity contribution in [3.05, 3.63) is 48.3 Å². The largest absolute Gasteiger partial charge is 0.352 e. The number of unbranched alkanes of at least 4 members (excludes halogenated alkanes) is 25. The molecule has 42 heavy (non-hydrogen) atoms. The van der Waals surface area contributed by atoms with Crippen LogP contribution in [0.4, 0.5) is 0 Å². The Hall–Kier alpha value is -1.44. The Morgan fingerprint density at radius 1 is 0.381 bits per heavy atom. The standard InChI is InChI=1S/C40H72N2/c1-3-5-7-9-11-13-15-17-18-19-21-23-25-27-32-36-42-38-37-41(40(42)39-33-29-28-30-34-39)35-31-26-24-22-20-16-14-12-10-8-6-4-2/h28-30,33-34,37-38,40H,3-27,31-32,35-36H2,1-2H3. The van der Waals surface area contributed by atoms with E-state index in [2.05, 4.69) is 66.4 Å². The van der Waals surface area contributed by atoms with Crippen LogP contribution in [0.5, 0.6) is 0 Å². The first-order valence-electron chi connectivity index (χ1n) is 19.1. The van der Waals surface area contributed by atoms with Gasteiger partial charge in [0.2, 0.25) is 0 Å². The second-order valence-corrected chi connectivity index (χ2v) is 13.4. The molecule has 0 saturated heterocycles. The molecule has 2 rings (SSSR count). The number of rotatable bonds is 30. The van der Waals surface area contributed by atoms with Gasteiger partial charge in [-0.05, 0) is 18.4 Å². The van der Waals surface area contributed by atoms with Crippen LogP contribution < -0.4 is 0 Å². The molecule has 2 heteroatoms. The zero-order chi connectivity index (χ0) is 29.8. The summed E-state index contributed by atoms with van der Waals surface area (Å²) in [6, 6.07) is 11.2. The maximum absolute atomic E-state index is 2.61. The average molecular weight is 581 g/mol. The van der Waals surface area contributed by atoms with E-state index in [-0.39, 0.29) is 0 Å². The summed E-state index contributed by atoms with van der Waals surface area (Å²) in [6.07, 6.45) is 43.6. The van der Waals surface area contributed by atoms with Crippen molar-refractivity contribution < 1.29 is 0 Å². The summed E-state index contributed by atoms with van der Waals surface area (Å²) in [4.78, 5) is 5.22. The van der Waals surface area contributed by atoms with Crippen LogP contribution in [-0.2, 0) is 0 Å². The van der Waals surface area contributed by atoms with E-state index in [4.69, 9.17) is 0 Å². The van der Waals surface area contributed by atoms with Crippen molar-refractivity contribution in [2.45, 2.75) is 193 Å². The first-order valence-corrected chi connectivity index (χ1v) is 19.1. The van der Waals surface area contributed by atoms with Crippen molar-refractivity contribution >= 4 is 0 Å². The van der Waals surface area contributed by atoms with Gasteiger partial charge in [0.25, 0.3) is 0 Å². The molecule has 1 atom stereocenters. The van der Waals surface area contributed by atoms with E-state index in [1.165, 1.54) is 192 Å². The Morgan fingerprint density at radius 3 is 0.976 bits per heavy atom. The minimum atomic E-state index is 0.394. The summed E-state index contributed by atoms with van der Waals surface area (Å²) in [6.45, 7) is 6.98. The topological polar surface area (TPSA) is 6.48 Å². The van der Waals surface area contributed by atoms with Crippen LogP contribution in [0.1, 0.15) is 199 Å². The lowest BCUT2D eigenvalue weighted by atomic mass is 10.0. The van der Waals surface area contributed by atoms with E-state index >= 15 is 0 Å². The molecule has 0 fully saturated rings. The fourth-order valence-electron chi connectivity index (χ4n) is 6.73. The van der Waals surface area contributed by atoms with Gasteiger partial charge in [-0.3, -0.25) is 0 Å². The Balaban J connectivity index is 1.51. The molecule has 2 nitrogen and oxygen atoms in total. The fourth-order valence-corrected chi connectivity index (χ4v) is 6.73. The highest BCUT2D eigenvalue weighted by Crippen LogP contribution is 2.31. The van der Waals surface area contributed by atoms with Gasteiger partial charge >= 0.3 is 0 Å². The van der Waals surface area contributed by atoms with E-state index in [0.717, 1.165) is 0 Å². The smallest absolute Gasteiger partial charge is 0.127 e. The third-order valence-corrected chi connectivity index (χ3v) is 9.47. The van der Waals surface area contributed by atoms with Crippen LogP contribution in [0, 0.1) is 0 Å². The normalized spacial score (nSPS) is 14.9. The lowest BCUT2D eigenvalue weighted by Crippen LogP contribution is -2.32. The summed E-state index contributed by atoms with van der Waals surface area (Å²) >= 11 is 0. The zero-order valence-electron chi connectivity index (χ0n) is 28.5. The summed E-state index contributed by atoms with van der Waals surface area (Å²) in [5.41, 5.74) is 1.45. The molecular formula is C40H72N2. The fraction of sp³-hybridized carbons (Fsp3) is 0.800. The van der Waals surface area contributed by atoms with Crippen LogP contribution in [0.3, 0.4) is 0 Å². The molecular weight excluding hydrogens is 508 g/mol. The van der Waals surface area contributed by atoms with Gasteiger partial charge in [-0.15, -0.1) is 0 Å². The molecule has 1 aliphatic rings. The first kappa shape index (κ1) is 36.8. The summed E-state index contributed by atoms with van der Waals surface area (Å²) in [5, 5.41) is 0. The molecule has 1 heterocycles. The second-order valence-electron chi connectivity index (χ2n) is 13.4. The molecule has 1 aromatic carbocycles. The van der Waals surface area contributed by atoms with E-state index in [1.807, 2.05) is 0 Å². The highest BCUT2D eigenvalue weighted by atomic mass is 15.4. The third kappa shape index (κ3) is 18.3. The molecule has 1 aliphatic heterocycles. The first-order chi connectivity index (χ1) is 20.9. The Kier molecular flexibility index (Phi) is 23.7. The molecule has 0 radical (unpaired) electrons. The van der Waals surface area contributed by atoms with Crippen molar-refractivity contribution in [3.63, 3.8) is 0 Å². The number of nitrogens with zero attached hydrogens (tertiary/aromatic N) is 2. The molecule has 0 bridgehead atoms. The van der Waals surface area contributed by atoms with Gasteiger partial charge in [-0.2, -0.15) is 0 Å². The van der Waals surface area contributed by atoms with Gasteiger partial charge < -0.3 is 9.80 Å². The molecule has 0 spiro atoms. The molecule has 0 amide bonds. The Labute approximate surface area is 264 Å². The second kappa shape index (κ2) is 27.1. The van der Waals surface area contributed by atoms with Crippen LogP contribution in [0.2, 0.25) is 0 Å². The minimum absolute atomic E-state index is 0.394. The molecule has 242 valence electrons. The van der Waals surface area contributed by atoms with Gasteiger partial charge in [0.1, 0.15) is 6.17 Å². The van der Waals surface area contributed by atoms with Crippen molar-refractivity contribution in [2.75, 3.05) is 13.1 Å². The van der Waals surface area contributed by atoms with Crippen molar-refractivity contribution in [2.24, 2.45) is 0 Å². The minimum Gasteiger partial charge on any atom is -0.352 e.